The molecule has 0 amide bonds. The Bertz CT molecular complexity index is 739. The van der Waals surface area contributed by atoms with Gasteiger partial charge in [-0.2, -0.15) is 8.78 Å². The van der Waals surface area contributed by atoms with Crippen molar-refractivity contribution in [1.82, 2.24) is 0 Å². The van der Waals surface area contributed by atoms with Crippen molar-refractivity contribution < 1.29 is 27.8 Å². The first kappa shape index (κ1) is 21.6. The van der Waals surface area contributed by atoms with Gasteiger partial charge in [-0.05, 0) is 75.5 Å². The second-order valence-electron chi connectivity index (χ2n) is 7.88. The van der Waals surface area contributed by atoms with Crippen LogP contribution in [-0.2, 0) is 9.53 Å². The molecular formula is C23H30F2O4. The summed E-state index contributed by atoms with van der Waals surface area (Å²) >= 11 is 0. The summed E-state index contributed by atoms with van der Waals surface area (Å²) < 4.78 is 44.2. The Morgan fingerprint density at radius 1 is 1.07 bits per heavy atom. The van der Waals surface area contributed by atoms with Crippen molar-refractivity contribution in [2.24, 2.45) is 17.8 Å². The summed E-state index contributed by atoms with van der Waals surface area (Å²) in [6, 6.07) is 2.53. The summed E-state index contributed by atoms with van der Waals surface area (Å²) in [6.07, 6.45) is 8.57. The maximum Gasteiger partial charge on any atom is 0.314 e. The third-order valence-electron chi connectivity index (χ3n) is 5.92. The number of carbonyl (C=O) groups is 1. The largest absolute Gasteiger partial charge is 0.498 e. The van der Waals surface area contributed by atoms with Gasteiger partial charge in [-0.1, -0.05) is 6.92 Å². The molecule has 1 fully saturated rings. The number of halogens is 2. The van der Waals surface area contributed by atoms with Crippen LogP contribution < -0.4 is 9.47 Å². The molecule has 1 aliphatic carbocycles. The lowest BCUT2D eigenvalue weighted by Crippen LogP contribution is -2.31. The molecule has 0 spiro atoms. The van der Waals surface area contributed by atoms with E-state index in [2.05, 4.69) is 13.0 Å². The van der Waals surface area contributed by atoms with Crippen molar-refractivity contribution in [3.63, 3.8) is 0 Å². The summed E-state index contributed by atoms with van der Waals surface area (Å²) in [7, 11) is 0. The molecule has 0 aromatic heterocycles. The topological polar surface area (TPSA) is 44.8 Å². The van der Waals surface area contributed by atoms with Gasteiger partial charge in [0.05, 0.1) is 24.9 Å². The smallest absolute Gasteiger partial charge is 0.314 e. The Morgan fingerprint density at radius 2 is 1.76 bits per heavy atom. The predicted molar refractivity (Wildman–Crippen MR) is 106 cm³/mol. The fourth-order valence-electron chi connectivity index (χ4n) is 4.25. The summed E-state index contributed by atoms with van der Waals surface area (Å²) in [6.45, 7) is 4.80. The van der Waals surface area contributed by atoms with Crippen LogP contribution in [0.3, 0.4) is 0 Å². The van der Waals surface area contributed by atoms with E-state index in [0.29, 0.717) is 24.7 Å². The van der Waals surface area contributed by atoms with Crippen LogP contribution in [0.15, 0.2) is 24.0 Å². The van der Waals surface area contributed by atoms with Crippen molar-refractivity contribution in [3.05, 3.63) is 35.6 Å². The van der Waals surface area contributed by atoms with Gasteiger partial charge in [0.15, 0.2) is 11.5 Å². The molecule has 4 nitrogen and oxygen atoms in total. The van der Waals surface area contributed by atoms with Crippen LogP contribution >= 0.6 is 0 Å². The van der Waals surface area contributed by atoms with Gasteiger partial charge in [0.25, 0.3) is 0 Å². The van der Waals surface area contributed by atoms with E-state index >= 15 is 0 Å². The van der Waals surface area contributed by atoms with Gasteiger partial charge in [-0.25, -0.2) is 0 Å². The number of carbonyl (C=O) groups excluding carboxylic acids is 1. The van der Waals surface area contributed by atoms with Gasteiger partial charge in [-0.15, -0.1) is 0 Å². The second-order valence-corrected chi connectivity index (χ2v) is 7.88. The number of hydrogen-bond acceptors (Lipinski definition) is 4. The third-order valence-corrected chi connectivity index (χ3v) is 5.92. The molecule has 1 atom stereocenters. The Hall–Kier alpha value is -2.11. The summed E-state index contributed by atoms with van der Waals surface area (Å²) in [4.78, 5) is 12.5. The van der Waals surface area contributed by atoms with Crippen molar-refractivity contribution in [1.29, 1.82) is 0 Å². The van der Waals surface area contributed by atoms with E-state index in [1.807, 2.05) is 0 Å². The maximum absolute atomic E-state index is 14.2. The number of rotatable bonds is 7. The molecule has 1 aromatic carbocycles. The first-order chi connectivity index (χ1) is 14.0. The van der Waals surface area contributed by atoms with E-state index in [4.69, 9.17) is 14.2 Å². The van der Waals surface area contributed by atoms with Crippen molar-refractivity contribution in [2.45, 2.75) is 58.8 Å². The molecule has 0 N–H and O–H groups in total. The van der Waals surface area contributed by atoms with Crippen LogP contribution in [0.1, 0.15) is 58.8 Å². The maximum atomic E-state index is 14.2. The van der Waals surface area contributed by atoms with E-state index in [9.17, 15) is 13.6 Å². The molecule has 1 unspecified atom stereocenters. The lowest BCUT2D eigenvalue weighted by atomic mass is 9.74. The minimum Gasteiger partial charge on any atom is -0.498 e. The molecule has 29 heavy (non-hydrogen) atoms. The normalized spacial score (nSPS) is 24.4. The van der Waals surface area contributed by atoms with Crippen LogP contribution in [0, 0.1) is 29.4 Å². The van der Waals surface area contributed by atoms with Gasteiger partial charge in [-0.3, -0.25) is 4.79 Å². The highest BCUT2D eigenvalue weighted by molar-refractivity contribution is 5.75. The minimum atomic E-state index is -1.19. The van der Waals surface area contributed by atoms with Crippen LogP contribution in [0.4, 0.5) is 8.78 Å². The minimum absolute atomic E-state index is 0.184. The van der Waals surface area contributed by atoms with Gasteiger partial charge in [0.1, 0.15) is 0 Å². The summed E-state index contributed by atoms with van der Waals surface area (Å²) in [5.41, 5.74) is 0. The number of benzene rings is 1. The van der Waals surface area contributed by atoms with E-state index in [-0.39, 0.29) is 24.0 Å². The first-order valence-electron chi connectivity index (χ1n) is 10.7. The molecule has 1 heterocycles. The third kappa shape index (κ3) is 5.28. The molecule has 0 bridgehead atoms. The van der Waals surface area contributed by atoms with Crippen molar-refractivity contribution in [2.75, 3.05) is 13.2 Å². The van der Waals surface area contributed by atoms with Crippen LogP contribution in [0.5, 0.6) is 11.5 Å². The quantitative estimate of drug-likeness (QED) is 0.423. The predicted octanol–water partition coefficient (Wildman–Crippen LogP) is 5.80. The van der Waals surface area contributed by atoms with E-state index in [1.165, 1.54) is 12.1 Å². The Labute approximate surface area is 171 Å². The van der Waals surface area contributed by atoms with Crippen LogP contribution in [-0.4, -0.2) is 19.2 Å². The number of ether oxygens (including phenoxy) is 3. The molecule has 3 rings (SSSR count). The Morgan fingerprint density at radius 3 is 2.38 bits per heavy atom. The highest BCUT2D eigenvalue weighted by Crippen LogP contribution is 2.38. The monoisotopic (exact) mass is 408 g/mol. The van der Waals surface area contributed by atoms with E-state index in [0.717, 1.165) is 44.5 Å². The fourth-order valence-corrected chi connectivity index (χ4v) is 4.25. The highest BCUT2D eigenvalue weighted by Gasteiger charge is 2.33. The van der Waals surface area contributed by atoms with E-state index < -0.39 is 17.6 Å². The molecule has 0 radical (unpaired) electrons. The average molecular weight is 408 g/mol. The van der Waals surface area contributed by atoms with Crippen LogP contribution in [0.25, 0.3) is 0 Å². The molecule has 2 aliphatic rings. The van der Waals surface area contributed by atoms with Gasteiger partial charge < -0.3 is 14.2 Å². The zero-order valence-corrected chi connectivity index (χ0v) is 17.2. The van der Waals surface area contributed by atoms with Gasteiger partial charge in [0.2, 0.25) is 11.6 Å². The second kappa shape index (κ2) is 10.1. The lowest BCUT2D eigenvalue weighted by Gasteiger charge is -2.34. The zero-order chi connectivity index (χ0) is 20.8. The average Bonchev–Trinajstić information content (AvgIpc) is 2.74. The standard InChI is InChI=1S/C23H30F2O4/c1-3-5-18-11-10-17(14-28-18)15-6-8-16(9-7-15)23(26)29-20-13-12-19(27-4-2)21(24)22(20)25/h11-13,15-17H,3-10,14H2,1-2H3. The molecule has 6 heteroatoms. The molecule has 1 aliphatic heterocycles. The number of esters is 1. The Balaban J connectivity index is 1.51. The van der Waals surface area contributed by atoms with Gasteiger partial charge >= 0.3 is 5.97 Å². The lowest BCUT2D eigenvalue weighted by molar-refractivity contribution is -0.140. The summed E-state index contributed by atoms with van der Waals surface area (Å²) in [5.74, 6) is -1.54. The fraction of sp³-hybridized carbons (Fsp3) is 0.609. The molecular weight excluding hydrogens is 378 g/mol. The number of allylic oxidation sites excluding steroid dienone is 2. The molecule has 0 saturated heterocycles. The molecule has 160 valence electrons. The van der Waals surface area contributed by atoms with Gasteiger partial charge in [0, 0.05) is 6.42 Å². The van der Waals surface area contributed by atoms with E-state index in [1.54, 1.807) is 6.92 Å². The molecule has 1 saturated carbocycles. The van der Waals surface area contributed by atoms with Crippen molar-refractivity contribution >= 4 is 5.97 Å². The highest BCUT2D eigenvalue weighted by atomic mass is 19.2. The van der Waals surface area contributed by atoms with Crippen LogP contribution in [0.2, 0.25) is 0 Å². The summed E-state index contributed by atoms with van der Waals surface area (Å²) in [5, 5.41) is 0. The first-order valence-corrected chi connectivity index (χ1v) is 10.7. The number of hydrogen-bond donors (Lipinski definition) is 0. The Kier molecular flexibility index (Phi) is 7.51. The van der Waals surface area contributed by atoms with Crippen molar-refractivity contribution in [3.8, 4) is 11.5 Å². The zero-order valence-electron chi connectivity index (χ0n) is 17.2. The SMILES string of the molecule is CCCC1=CCC(C2CCC(C(=O)Oc3ccc(OCC)c(F)c3F)CC2)CO1. The molecule has 1 aromatic rings.